The fourth-order valence-corrected chi connectivity index (χ4v) is 4.63. The van der Waals surface area contributed by atoms with E-state index in [0.717, 1.165) is 22.3 Å². The van der Waals surface area contributed by atoms with Crippen molar-refractivity contribution < 1.29 is 27.5 Å². The third-order valence-electron chi connectivity index (χ3n) is 5.27. The van der Waals surface area contributed by atoms with Crippen molar-refractivity contribution >= 4 is 39.7 Å². The summed E-state index contributed by atoms with van der Waals surface area (Å²) in [6.45, 7) is 2.87. The SMILES string of the molecule is CCOC(=O)N1CCC(NC(=O)CSc2nc(-c3ccc(Br)cc3)cc(C(F)(F)F)c2C#N)CC1. The third kappa shape index (κ3) is 7.11. The maximum absolute atomic E-state index is 13.7. The Morgan fingerprint density at radius 3 is 2.51 bits per heavy atom. The first-order valence-electron chi connectivity index (χ1n) is 10.7. The van der Waals surface area contributed by atoms with Gasteiger partial charge < -0.3 is 15.0 Å². The molecule has 1 saturated heterocycles. The van der Waals surface area contributed by atoms with Gasteiger partial charge in [0.1, 0.15) is 11.1 Å². The van der Waals surface area contributed by atoms with Crippen molar-refractivity contribution in [3.63, 3.8) is 0 Å². The number of pyridine rings is 1. The first kappa shape index (κ1) is 26.8. The van der Waals surface area contributed by atoms with Crippen LogP contribution in [0, 0.1) is 11.3 Å². The number of ether oxygens (including phenoxy) is 1. The molecule has 7 nitrogen and oxygen atoms in total. The number of rotatable bonds is 6. The quantitative estimate of drug-likeness (QED) is 0.478. The second-order valence-corrected chi connectivity index (χ2v) is 9.55. The van der Waals surface area contributed by atoms with E-state index < -0.39 is 29.3 Å². The van der Waals surface area contributed by atoms with E-state index in [2.05, 4.69) is 26.2 Å². The van der Waals surface area contributed by atoms with Crippen LogP contribution in [0.25, 0.3) is 11.3 Å². The Morgan fingerprint density at radius 2 is 1.94 bits per heavy atom. The molecule has 1 fully saturated rings. The fraction of sp³-hybridized carbons (Fsp3) is 0.391. The maximum atomic E-state index is 13.7. The minimum Gasteiger partial charge on any atom is -0.450 e. The number of hydrogen-bond donors (Lipinski definition) is 1. The van der Waals surface area contributed by atoms with Crippen LogP contribution in [0.5, 0.6) is 0 Å². The van der Waals surface area contributed by atoms with Crippen LogP contribution < -0.4 is 5.32 Å². The zero-order valence-corrected chi connectivity index (χ0v) is 21.1. The standard InChI is InChI=1S/C23H22BrF3N4O3S/c1-2-34-22(33)31-9-7-16(8-10-31)29-20(32)13-35-21-17(12-28)18(23(25,26)27)11-19(30-21)14-3-5-15(24)6-4-14/h3-6,11,16H,2,7-10,13H2,1H3,(H,29,32). The number of amides is 2. The molecule has 0 bridgehead atoms. The van der Waals surface area contributed by atoms with Gasteiger partial charge in [0.15, 0.2) is 0 Å². The van der Waals surface area contributed by atoms with E-state index in [-0.39, 0.29) is 29.1 Å². The maximum Gasteiger partial charge on any atom is 0.417 e. The summed E-state index contributed by atoms with van der Waals surface area (Å²) in [7, 11) is 0. The molecule has 12 heteroatoms. The summed E-state index contributed by atoms with van der Waals surface area (Å²) in [6.07, 6.45) is -4.08. The van der Waals surface area contributed by atoms with E-state index in [0.29, 0.717) is 31.5 Å². The Labute approximate surface area is 213 Å². The van der Waals surface area contributed by atoms with Gasteiger partial charge in [-0.05, 0) is 38.0 Å². The highest BCUT2D eigenvalue weighted by Crippen LogP contribution is 2.38. The highest BCUT2D eigenvalue weighted by atomic mass is 79.9. The number of alkyl halides is 3. The molecule has 2 aromatic rings. The number of piperidine rings is 1. The van der Waals surface area contributed by atoms with E-state index >= 15 is 0 Å². The first-order chi connectivity index (χ1) is 16.6. The molecule has 0 aliphatic carbocycles. The van der Waals surface area contributed by atoms with Crippen LogP contribution in [-0.4, -0.2) is 53.4 Å². The van der Waals surface area contributed by atoms with Gasteiger partial charge in [-0.15, -0.1) is 0 Å². The molecule has 1 aliphatic heterocycles. The second-order valence-electron chi connectivity index (χ2n) is 7.67. The first-order valence-corrected chi connectivity index (χ1v) is 12.5. The molecule has 1 N–H and O–H groups in total. The Bertz CT molecular complexity index is 1110. The lowest BCUT2D eigenvalue weighted by atomic mass is 10.1. The van der Waals surface area contributed by atoms with Gasteiger partial charge in [-0.25, -0.2) is 9.78 Å². The number of hydrogen-bond acceptors (Lipinski definition) is 6. The molecular formula is C23H22BrF3N4O3S. The summed E-state index contributed by atoms with van der Waals surface area (Å²) in [6, 6.07) is 8.86. The van der Waals surface area contributed by atoms with Gasteiger partial charge in [0, 0.05) is 29.2 Å². The van der Waals surface area contributed by atoms with E-state index in [9.17, 15) is 28.0 Å². The normalized spacial score (nSPS) is 14.3. The number of nitrogens with one attached hydrogen (secondary N) is 1. The summed E-state index contributed by atoms with van der Waals surface area (Å²) < 4.78 is 46.8. The summed E-state index contributed by atoms with van der Waals surface area (Å²) in [4.78, 5) is 30.1. The molecule has 1 aliphatic rings. The lowest BCUT2D eigenvalue weighted by Gasteiger charge is -2.31. The van der Waals surface area contributed by atoms with E-state index in [1.807, 2.05) is 0 Å². The average molecular weight is 571 g/mol. The largest absolute Gasteiger partial charge is 0.450 e. The molecule has 2 heterocycles. The van der Waals surface area contributed by atoms with E-state index in [4.69, 9.17) is 4.74 Å². The number of carbonyl (C=O) groups excluding carboxylic acids is 2. The van der Waals surface area contributed by atoms with Crippen molar-refractivity contribution in [2.45, 2.75) is 37.0 Å². The molecule has 0 saturated carbocycles. The van der Waals surface area contributed by atoms with E-state index in [1.54, 1.807) is 42.2 Å². The minimum atomic E-state index is -4.76. The highest BCUT2D eigenvalue weighted by molar-refractivity contribution is 9.10. The van der Waals surface area contributed by atoms with Crippen LogP contribution in [0.2, 0.25) is 0 Å². The molecule has 35 heavy (non-hydrogen) atoms. The number of carbonyl (C=O) groups is 2. The number of thioether (sulfide) groups is 1. The molecule has 3 rings (SSSR count). The van der Waals surface area contributed by atoms with Crippen molar-refractivity contribution in [2.24, 2.45) is 0 Å². The Hall–Kier alpha value is -2.78. The van der Waals surface area contributed by atoms with Crippen molar-refractivity contribution in [3.05, 3.63) is 45.9 Å². The lowest BCUT2D eigenvalue weighted by Crippen LogP contribution is -2.47. The molecule has 0 atom stereocenters. The molecule has 0 radical (unpaired) electrons. The van der Waals surface area contributed by atoms with Gasteiger partial charge in [0.25, 0.3) is 0 Å². The van der Waals surface area contributed by atoms with Crippen molar-refractivity contribution in [1.82, 2.24) is 15.2 Å². The number of nitrogens with zero attached hydrogens (tertiary/aromatic N) is 3. The topological polar surface area (TPSA) is 95.3 Å². The predicted octanol–water partition coefficient (Wildman–Crippen LogP) is 5.23. The second kappa shape index (κ2) is 11.8. The average Bonchev–Trinajstić information content (AvgIpc) is 2.82. The van der Waals surface area contributed by atoms with E-state index in [1.165, 1.54) is 0 Å². The predicted molar refractivity (Wildman–Crippen MR) is 128 cm³/mol. The van der Waals surface area contributed by atoms with Crippen LogP contribution in [0.3, 0.4) is 0 Å². The summed E-state index contributed by atoms with van der Waals surface area (Å²) >= 11 is 4.07. The van der Waals surface area contributed by atoms with Crippen LogP contribution in [0.1, 0.15) is 30.9 Å². The number of benzene rings is 1. The lowest BCUT2D eigenvalue weighted by molar-refractivity contribution is -0.138. The van der Waals surface area contributed by atoms with Gasteiger partial charge >= 0.3 is 12.3 Å². The van der Waals surface area contributed by atoms with Crippen molar-refractivity contribution in [1.29, 1.82) is 5.26 Å². The summed E-state index contributed by atoms with van der Waals surface area (Å²) in [5, 5.41) is 12.1. The monoisotopic (exact) mass is 570 g/mol. The third-order valence-corrected chi connectivity index (χ3v) is 6.77. The van der Waals surface area contributed by atoms with Crippen LogP contribution >= 0.6 is 27.7 Å². The van der Waals surface area contributed by atoms with Gasteiger partial charge in [0.2, 0.25) is 5.91 Å². The molecular weight excluding hydrogens is 549 g/mol. The fourth-order valence-electron chi connectivity index (χ4n) is 3.55. The Morgan fingerprint density at radius 1 is 1.29 bits per heavy atom. The van der Waals surface area contributed by atoms with Gasteiger partial charge in [-0.1, -0.05) is 39.8 Å². The van der Waals surface area contributed by atoms with Crippen molar-refractivity contribution in [3.8, 4) is 17.3 Å². The molecule has 0 unspecified atom stereocenters. The van der Waals surface area contributed by atoms with Crippen molar-refractivity contribution in [2.75, 3.05) is 25.4 Å². The summed E-state index contributed by atoms with van der Waals surface area (Å²) in [5.74, 6) is -0.598. The number of halogens is 4. The van der Waals surface area contributed by atoms with Gasteiger partial charge in [-0.3, -0.25) is 4.79 Å². The zero-order chi connectivity index (χ0) is 25.6. The molecule has 1 aromatic carbocycles. The zero-order valence-electron chi connectivity index (χ0n) is 18.7. The molecule has 2 amide bonds. The smallest absolute Gasteiger partial charge is 0.417 e. The molecule has 1 aromatic heterocycles. The Kier molecular flexibility index (Phi) is 9.02. The molecule has 186 valence electrons. The van der Waals surface area contributed by atoms with Crippen LogP contribution in [0.4, 0.5) is 18.0 Å². The number of likely N-dealkylation sites (tertiary alicyclic amines) is 1. The molecule has 0 spiro atoms. The highest BCUT2D eigenvalue weighted by Gasteiger charge is 2.36. The summed E-state index contributed by atoms with van der Waals surface area (Å²) in [5.41, 5.74) is -1.21. The number of aromatic nitrogens is 1. The van der Waals surface area contributed by atoms with Crippen LogP contribution in [0.15, 0.2) is 39.8 Å². The van der Waals surface area contributed by atoms with Gasteiger partial charge in [-0.2, -0.15) is 18.4 Å². The number of nitriles is 1. The minimum absolute atomic E-state index is 0.0538. The van der Waals surface area contributed by atoms with Gasteiger partial charge in [0.05, 0.1) is 29.2 Å². The Balaban J connectivity index is 1.71. The van der Waals surface area contributed by atoms with Crippen LogP contribution in [-0.2, 0) is 15.7 Å².